The maximum Gasteiger partial charge on any atom is 0.408 e. The number of nitrogens with zero attached hydrogens (tertiary/aromatic N) is 2. The van der Waals surface area contributed by atoms with E-state index in [4.69, 9.17) is 9.47 Å². The van der Waals surface area contributed by atoms with Crippen LogP contribution in [-0.2, 0) is 19.1 Å². The molecule has 0 radical (unpaired) electrons. The highest BCUT2D eigenvalue weighted by Crippen LogP contribution is 2.23. The average molecular weight is 311 g/mol. The molecular weight excluding hydrogens is 290 g/mol. The first-order valence-corrected chi connectivity index (χ1v) is 7.06. The van der Waals surface area contributed by atoms with Crippen LogP contribution >= 0.6 is 0 Å². The summed E-state index contributed by atoms with van der Waals surface area (Å²) in [7, 11) is 0. The number of rotatable bonds is 3. The summed E-state index contributed by atoms with van der Waals surface area (Å²) < 4.78 is 10.1. The standard InChI is InChI=1S/C14H21N3O5/c1-9(18)21-8-10-5-16-7-11(12(19)17(16)6-10)15-13(20)22-14(2,3)4/h6,11H,5,7-8H2,1-4H3,(H,15,20). The van der Waals surface area contributed by atoms with Crippen molar-refractivity contribution in [1.29, 1.82) is 0 Å². The van der Waals surface area contributed by atoms with E-state index in [2.05, 4.69) is 5.32 Å². The van der Waals surface area contributed by atoms with Crippen molar-refractivity contribution in [2.45, 2.75) is 39.3 Å². The van der Waals surface area contributed by atoms with Crippen molar-refractivity contribution in [1.82, 2.24) is 15.3 Å². The summed E-state index contributed by atoms with van der Waals surface area (Å²) in [4.78, 5) is 34.8. The summed E-state index contributed by atoms with van der Waals surface area (Å²) in [6.45, 7) is 7.63. The second-order valence-electron chi connectivity index (χ2n) is 6.30. The number of nitrogens with one attached hydrogen (secondary N) is 1. The highest BCUT2D eigenvalue weighted by Gasteiger charge is 2.42. The lowest BCUT2D eigenvalue weighted by atomic mass is 10.2. The van der Waals surface area contributed by atoms with Crippen molar-refractivity contribution in [2.75, 3.05) is 19.7 Å². The number of esters is 1. The van der Waals surface area contributed by atoms with Gasteiger partial charge in [0.15, 0.2) is 0 Å². The first-order valence-electron chi connectivity index (χ1n) is 7.06. The summed E-state index contributed by atoms with van der Waals surface area (Å²) in [6.07, 6.45) is 1.03. The normalized spacial score (nSPS) is 21.5. The third-order valence-corrected chi connectivity index (χ3v) is 3.06. The molecule has 0 bridgehead atoms. The van der Waals surface area contributed by atoms with Gasteiger partial charge in [0.25, 0.3) is 5.91 Å². The van der Waals surface area contributed by atoms with Gasteiger partial charge in [-0.3, -0.25) is 9.59 Å². The Morgan fingerprint density at radius 1 is 1.41 bits per heavy atom. The van der Waals surface area contributed by atoms with Crippen LogP contribution in [0.2, 0.25) is 0 Å². The van der Waals surface area contributed by atoms with Crippen LogP contribution in [0.1, 0.15) is 27.7 Å². The van der Waals surface area contributed by atoms with Gasteiger partial charge in [-0.1, -0.05) is 0 Å². The number of ether oxygens (including phenoxy) is 2. The van der Waals surface area contributed by atoms with E-state index in [1.165, 1.54) is 11.9 Å². The van der Waals surface area contributed by atoms with Gasteiger partial charge in [-0.2, -0.15) is 0 Å². The quantitative estimate of drug-likeness (QED) is 0.759. The molecule has 1 N–H and O–H groups in total. The molecule has 0 aromatic carbocycles. The number of alkyl carbamates (subject to hydrolysis) is 1. The molecule has 8 nitrogen and oxygen atoms in total. The van der Waals surface area contributed by atoms with Crippen LogP contribution in [0.3, 0.4) is 0 Å². The van der Waals surface area contributed by atoms with E-state index in [0.29, 0.717) is 13.1 Å². The van der Waals surface area contributed by atoms with Crippen molar-refractivity contribution in [3.63, 3.8) is 0 Å². The van der Waals surface area contributed by atoms with Crippen LogP contribution in [0.25, 0.3) is 0 Å². The highest BCUT2D eigenvalue weighted by molar-refractivity contribution is 5.88. The lowest BCUT2D eigenvalue weighted by Crippen LogP contribution is -2.44. The van der Waals surface area contributed by atoms with Crippen LogP contribution in [0.5, 0.6) is 0 Å². The maximum absolute atomic E-state index is 12.2. The van der Waals surface area contributed by atoms with Gasteiger partial charge in [0.1, 0.15) is 18.2 Å². The topological polar surface area (TPSA) is 88.2 Å². The summed E-state index contributed by atoms with van der Waals surface area (Å²) >= 11 is 0. The van der Waals surface area contributed by atoms with Gasteiger partial charge < -0.3 is 14.8 Å². The van der Waals surface area contributed by atoms with Crippen LogP contribution in [0.4, 0.5) is 4.79 Å². The van der Waals surface area contributed by atoms with E-state index >= 15 is 0 Å². The monoisotopic (exact) mass is 311 g/mol. The third-order valence-electron chi connectivity index (χ3n) is 3.06. The van der Waals surface area contributed by atoms with Gasteiger partial charge in [0.2, 0.25) is 0 Å². The van der Waals surface area contributed by atoms with Crippen molar-refractivity contribution < 1.29 is 23.9 Å². The first kappa shape index (κ1) is 16.3. The summed E-state index contributed by atoms with van der Waals surface area (Å²) in [5.74, 6) is -0.595. The third kappa shape index (κ3) is 3.97. The van der Waals surface area contributed by atoms with E-state index < -0.39 is 17.7 Å². The Morgan fingerprint density at radius 3 is 2.64 bits per heavy atom. The van der Waals surface area contributed by atoms with E-state index in [0.717, 1.165) is 5.57 Å². The largest absolute Gasteiger partial charge is 0.461 e. The Bertz CT molecular complexity index is 523. The van der Waals surface area contributed by atoms with E-state index in [1.807, 2.05) is 0 Å². The smallest absolute Gasteiger partial charge is 0.408 e. The van der Waals surface area contributed by atoms with Gasteiger partial charge >= 0.3 is 12.1 Å². The summed E-state index contributed by atoms with van der Waals surface area (Å²) in [5.41, 5.74) is 0.221. The minimum Gasteiger partial charge on any atom is -0.461 e. The minimum absolute atomic E-state index is 0.166. The Balaban J connectivity index is 1.89. The molecule has 2 rings (SSSR count). The van der Waals surface area contributed by atoms with Gasteiger partial charge in [-0.25, -0.2) is 14.8 Å². The fraction of sp³-hybridized carbons (Fsp3) is 0.643. The molecule has 0 aromatic rings. The van der Waals surface area contributed by atoms with E-state index in [-0.39, 0.29) is 18.5 Å². The predicted octanol–water partition coefficient (Wildman–Crippen LogP) is 0.400. The van der Waals surface area contributed by atoms with Crippen molar-refractivity contribution in [2.24, 2.45) is 0 Å². The number of amides is 2. The Kier molecular flexibility index (Phi) is 4.41. The number of hydrogen-bond acceptors (Lipinski definition) is 6. The second-order valence-corrected chi connectivity index (χ2v) is 6.30. The van der Waals surface area contributed by atoms with Gasteiger partial charge in [-0.05, 0) is 20.8 Å². The molecule has 8 heteroatoms. The number of carbonyl (C=O) groups is 3. The molecule has 0 spiro atoms. The second kappa shape index (κ2) is 5.96. The molecule has 2 aliphatic heterocycles. The van der Waals surface area contributed by atoms with Crippen LogP contribution in [0.15, 0.2) is 11.8 Å². The number of hydrogen-bond donors (Lipinski definition) is 1. The maximum atomic E-state index is 12.2. The Labute approximate surface area is 129 Å². The molecule has 2 aliphatic rings. The van der Waals surface area contributed by atoms with Gasteiger partial charge in [-0.15, -0.1) is 0 Å². The minimum atomic E-state index is -0.638. The van der Waals surface area contributed by atoms with Gasteiger partial charge in [0.05, 0.1) is 0 Å². The molecule has 122 valence electrons. The fourth-order valence-electron chi connectivity index (χ4n) is 2.24. The number of hydrazine groups is 1. The molecular formula is C14H21N3O5. The van der Waals surface area contributed by atoms with E-state index in [9.17, 15) is 14.4 Å². The Morgan fingerprint density at radius 2 is 2.09 bits per heavy atom. The molecule has 2 amide bonds. The Hall–Kier alpha value is -2.09. The lowest BCUT2D eigenvalue weighted by molar-refractivity contribution is -0.140. The molecule has 1 fully saturated rings. The van der Waals surface area contributed by atoms with Crippen LogP contribution in [0, 0.1) is 0 Å². The van der Waals surface area contributed by atoms with Gasteiger partial charge in [0, 0.05) is 31.8 Å². The molecule has 0 aliphatic carbocycles. The summed E-state index contributed by atoms with van der Waals surface area (Å²) in [5, 5.41) is 5.80. The summed E-state index contributed by atoms with van der Waals surface area (Å²) in [6, 6.07) is -0.638. The van der Waals surface area contributed by atoms with Crippen molar-refractivity contribution >= 4 is 18.0 Å². The molecule has 0 aromatic heterocycles. The average Bonchev–Trinajstić information content (AvgIpc) is 2.85. The highest BCUT2D eigenvalue weighted by atomic mass is 16.6. The predicted molar refractivity (Wildman–Crippen MR) is 76.3 cm³/mol. The lowest BCUT2D eigenvalue weighted by Gasteiger charge is -2.21. The SMILES string of the molecule is CC(=O)OCC1=CN2C(=O)C(NC(=O)OC(C)(C)C)CN2C1. The van der Waals surface area contributed by atoms with Crippen LogP contribution in [-0.4, -0.2) is 59.3 Å². The zero-order chi connectivity index (χ0) is 16.5. The fourth-order valence-corrected chi connectivity index (χ4v) is 2.24. The molecule has 1 unspecified atom stereocenters. The molecule has 22 heavy (non-hydrogen) atoms. The van der Waals surface area contributed by atoms with Crippen molar-refractivity contribution in [3.05, 3.63) is 11.8 Å². The molecule has 1 saturated heterocycles. The molecule has 2 heterocycles. The zero-order valence-electron chi connectivity index (χ0n) is 13.2. The number of fused-ring (bicyclic) bond motifs is 1. The first-order chi connectivity index (χ1) is 10.2. The zero-order valence-corrected chi connectivity index (χ0v) is 13.2. The molecule has 1 atom stereocenters. The van der Waals surface area contributed by atoms with Crippen LogP contribution < -0.4 is 5.32 Å². The van der Waals surface area contributed by atoms with E-state index in [1.54, 1.807) is 32.0 Å². The molecule has 0 saturated carbocycles. The number of carbonyl (C=O) groups excluding carboxylic acids is 3. The van der Waals surface area contributed by atoms with Crippen molar-refractivity contribution in [3.8, 4) is 0 Å².